The number of nitrogen functional groups attached to an aromatic ring is 1. The summed E-state index contributed by atoms with van der Waals surface area (Å²) < 4.78 is 5.40. The average molecular weight is 296 g/mol. The molecule has 1 aromatic heterocycles. The number of nitrogens with two attached hydrogens (primary N) is 1. The third-order valence-corrected chi connectivity index (χ3v) is 4.31. The van der Waals surface area contributed by atoms with Crippen LogP contribution in [0.5, 0.6) is 0 Å². The van der Waals surface area contributed by atoms with Gasteiger partial charge in [-0.25, -0.2) is 0 Å². The van der Waals surface area contributed by atoms with Gasteiger partial charge in [0.2, 0.25) is 0 Å². The van der Waals surface area contributed by atoms with Gasteiger partial charge in [-0.15, -0.1) is 11.8 Å². The lowest BCUT2D eigenvalue weighted by Gasteiger charge is -2.02. The molecule has 3 aromatic rings. The highest BCUT2D eigenvalue weighted by Crippen LogP contribution is 2.29. The minimum atomic E-state index is 0.715. The van der Waals surface area contributed by atoms with E-state index in [2.05, 4.69) is 36.3 Å². The van der Waals surface area contributed by atoms with E-state index in [-0.39, 0.29) is 0 Å². The van der Waals surface area contributed by atoms with Crippen LogP contribution in [0.1, 0.15) is 11.3 Å². The lowest BCUT2D eigenvalue weighted by atomic mass is 10.1. The Morgan fingerprint density at radius 3 is 2.62 bits per heavy atom. The molecule has 0 aliphatic heterocycles. The van der Waals surface area contributed by atoms with Gasteiger partial charge in [0.1, 0.15) is 11.5 Å². The molecule has 0 saturated carbocycles. The molecular formula is C17H16N2OS. The maximum atomic E-state index is 5.93. The number of anilines is 1. The normalized spacial score (nSPS) is 10.7. The van der Waals surface area contributed by atoms with Gasteiger partial charge in [0, 0.05) is 22.2 Å². The molecule has 106 valence electrons. The zero-order valence-electron chi connectivity index (χ0n) is 11.7. The summed E-state index contributed by atoms with van der Waals surface area (Å²) in [5.74, 6) is 1.56. The first-order valence-electron chi connectivity index (χ1n) is 6.72. The van der Waals surface area contributed by atoms with Gasteiger partial charge in [-0.1, -0.05) is 47.1 Å². The van der Waals surface area contributed by atoms with Crippen LogP contribution in [-0.4, -0.2) is 5.16 Å². The molecule has 0 spiro atoms. The minimum absolute atomic E-state index is 0.715. The summed E-state index contributed by atoms with van der Waals surface area (Å²) in [4.78, 5) is 1.06. The minimum Gasteiger partial charge on any atom is -0.398 e. The molecule has 0 radical (unpaired) electrons. The molecule has 2 aromatic carbocycles. The lowest BCUT2D eigenvalue weighted by molar-refractivity contribution is 0.397. The van der Waals surface area contributed by atoms with Gasteiger partial charge in [-0.05, 0) is 19.1 Å². The van der Waals surface area contributed by atoms with Crippen molar-refractivity contribution < 1.29 is 4.52 Å². The van der Waals surface area contributed by atoms with Crippen molar-refractivity contribution >= 4 is 17.4 Å². The van der Waals surface area contributed by atoms with E-state index in [0.29, 0.717) is 5.75 Å². The molecule has 3 rings (SSSR count). The van der Waals surface area contributed by atoms with Gasteiger partial charge in [0.05, 0.1) is 5.75 Å². The van der Waals surface area contributed by atoms with Crippen molar-refractivity contribution in [1.29, 1.82) is 0 Å². The Bertz CT molecular complexity index is 735. The van der Waals surface area contributed by atoms with Crippen molar-refractivity contribution in [3.05, 3.63) is 65.9 Å². The molecule has 0 unspecified atom stereocenters. The molecule has 21 heavy (non-hydrogen) atoms. The second kappa shape index (κ2) is 6.06. The maximum Gasteiger partial charge on any atom is 0.147 e. The SMILES string of the molecule is Cc1ccc(-c2cc(CSc3ccccc3N)on2)cc1. The van der Waals surface area contributed by atoms with Gasteiger partial charge in [-0.2, -0.15) is 0 Å². The third kappa shape index (κ3) is 3.28. The first kappa shape index (κ1) is 13.8. The first-order valence-corrected chi connectivity index (χ1v) is 7.71. The molecule has 0 atom stereocenters. The smallest absolute Gasteiger partial charge is 0.147 e. The van der Waals surface area contributed by atoms with E-state index in [1.54, 1.807) is 11.8 Å². The van der Waals surface area contributed by atoms with Crippen LogP contribution in [0, 0.1) is 6.92 Å². The van der Waals surface area contributed by atoms with Crippen LogP contribution in [0.25, 0.3) is 11.3 Å². The quantitative estimate of drug-likeness (QED) is 0.568. The Morgan fingerprint density at radius 2 is 1.86 bits per heavy atom. The second-order valence-corrected chi connectivity index (χ2v) is 5.89. The number of aryl methyl sites for hydroxylation is 1. The highest BCUT2D eigenvalue weighted by molar-refractivity contribution is 7.98. The topological polar surface area (TPSA) is 52.0 Å². The third-order valence-electron chi connectivity index (χ3n) is 3.20. The van der Waals surface area contributed by atoms with Gasteiger partial charge in [0.15, 0.2) is 0 Å². The maximum absolute atomic E-state index is 5.93. The Balaban J connectivity index is 1.71. The largest absolute Gasteiger partial charge is 0.398 e. The molecule has 0 amide bonds. The molecule has 3 nitrogen and oxygen atoms in total. The fraction of sp³-hybridized carbons (Fsp3) is 0.118. The van der Waals surface area contributed by atoms with E-state index >= 15 is 0 Å². The highest BCUT2D eigenvalue weighted by Gasteiger charge is 2.08. The van der Waals surface area contributed by atoms with E-state index in [9.17, 15) is 0 Å². The van der Waals surface area contributed by atoms with Gasteiger partial charge in [0.25, 0.3) is 0 Å². The molecule has 4 heteroatoms. The van der Waals surface area contributed by atoms with Crippen LogP contribution in [-0.2, 0) is 5.75 Å². The molecule has 0 aliphatic carbocycles. The highest BCUT2D eigenvalue weighted by atomic mass is 32.2. The van der Waals surface area contributed by atoms with Crippen LogP contribution in [0.3, 0.4) is 0 Å². The first-order chi connectivity index (χ1) is 10.2. The second-order valence-electron chi connectivity index (χ2n) is 4.87. The number of hydrogen-bond acceptors (Lipinski definition) is 4. The number of thioether (sulfide) groups is 1. The van der Waals surface area contributed by atoms with Crippen molar-refractivity contribution in [1.82, 2.24) is 5.16 Å². The molecule has 0 aliphatic rings. The summed E-state index contributed by atoms with van der Waals surface area (Å²) in [6.07, 6.45) is 0. The number of para-hydroxylation sites is 1. The summed E-state index contributed by atoms with van der Waals surface area (Å²) in [6.45, 7) is 2.07. The van der Waals surface area contributed by atoms with Crippen molar-refractivity contribution in [2.45, 2.75) is 17.6 Å². The van der Waals surface area contributed by atoms with Gasteiger partial charge in [-0.3, -0.25) is 0 Å². The lowest BCUT2D eigenvalue weighted by Crippen LogP contribution is -1.87. The zero-order valence-corrected chi connectivity index (χ0v) is 12.6. The standard InChI is InChI=1S/C17H16N2OS/c1-12-6-8-13(9-7-12)16-10-14(20-19-16)11-21-17-5-3-2-4-15(17)18/h2-10H,11,18H2,1H3. The monoisotopic (exact) mass is 296 g/mol. The van der Waals surface area contributed by atoms with E-state index < -0.39 is 0 Å². The number of nitrogens with zero attached hydrogens (tertiary/aromatic N) is 1. The van der Waals surface area contributed by atoms with E-state index in [1.165, 1.54) is 5.56 Å². The molecule has 2 N–H and O–H groups in total. The predicted octanol–water partition coefficient (Wildman–Crippen LogP) is 4.52. The Labute approximate surface area is 128 Å². The summed E-state index contributed by atoms with van der Waals surface area (Å²) in [5, 5.41) is 4.13. The zero-order chi connectivity index (χ0) is 14.7. The van der Waals surface area contributed by atoms with Crippen molar-refractivity contribution in [2.75, 3.05) is 5.73 Å². The fourth-order valence-electron chi connectivity index (χ4n) is 2.00. The Kier molecular flexibility index (Phi) is 3.97. The van der Waals surface area contributed by atoms with Crippen LogP contribution < -0.4 is 5.73 Å². The molecule has 0 bridgehead atoms. The Morgan fingerprint density at radius 1 is 1.10 bits per heavy atom. The van der Waals surface area contributed by atoms with E-state index in [4.69, 9.17) is 10.3 Å². The number of hydrogen-bond donors (Lipinski definition) is 1. The van der Waals surface area contributed by atoms with Crippen molar-refractivity contribution in [3.63, 3.8) is 0 Å². The Hall–Kier alpha value is -2.20. The average Bonchev–Trinajstić information content (AvgIpc) is 2.96. The molecule has 0 saturated heterocycles. The van der Waals surface area contributed by atoms with Crippen molar-refractivity contribution in [3.8, 4) is 11.3 Å². The van der Waals surface area contributed by atoms with Gasteiger partial charge >= 0.3 is 0 Å². The number of aromatic nitrogens is 1. The number of benzene rings is 2. The van der Waals surface area contributed by atoms with Gasteiger partial charge < -0.3 is 10.3 Å². The number of rotatable bonds is 4. The summed E-state index contributed by atoms with van der Waals surface area (Å²) in [7, 11) is 0. The molecule has 1 heterocycles. The van der Waals surface area contributed by atoms with Crippen LogP contribution in [0.15, 0.2) is 64.0 Å². The van der Waals surface area contributed by atoms with E-state index in [0.717, 1.165) is 27.6 Å². The van der Waals surface area contributed by atoms with Crippen molar-refractivity contribution in [2.24, 2.45) is 0 Å². The van der Waals surface area contributed by atoms with Crippen LogP contribution in [0.4, 0.5) is 5.69 Å². The summed E-state index contributed by atoms with van der Waals surface area (Å²) >= 11 is 1.65. The van der Waals surface area contributed by atoms with Crippen LogP contribution in [0.2, 0.25) is 0 Å². The van der Waals surface area contributed by atoms with Crippen LogP contribution >= 0.6 is 11.8 Å². The molecular weight excluding hydrogens is 280 g/mol. The summed E-state index contributed by atoms with van der Waals surface area (Å²) in [5.41, 5.74) is 9.89. The predicted molar refractivity (Wildman–Crippen MR) is 87.1 cm³/mol. The fourth-order valence-corrected chi connectivity index (χ4v) is 2.85. The van der Waals surface area contributed by atoms with E-state index in [1.807, 2.05) is 30.3 Å². The summed E-state index contributed by atoms with van der Waals surface area (Å²) in [6, 6.07) is 18.1. The molecule has 0 fully saturated rings.